The van der Waals surface area contributed by atoms with Gasteiger partial charge in [-0.2, -0.15) is 0 Å². The SMILES string of the molecule is Cn1c(C(=O)NCC2CCN(c3ccccc3)C2)c(Br)c2ccccc21. The zero-order valence-electron chi connectivity index (χ0n) is 14.8. The molecule has 1 amide bonds. The number of fused-ring (bicyclic) bond motifs is 1. The van der Waals surface area contributed by atoms with Crippen LogP contribution in [0.1, 0.15) is 16.9 Å². The number of para-hydroxylation sites is 2. The molecule has 1 fully saturated rings. The lowest BCUT2D eigenvalue weighted by molar-refractivity contribution is 0.0939. The largest absolute Gasteiger partial charge is 0.371 e. The van der Waals surface area contributed by atoms with Crippen LogP contribution >= 0.6 is 15.9 Å². The Morgan fingerprint density at radius 3 is 2.65 bits per heavy atom. The molecule has 4 rings (SSSR count). The van der Waals surface area contributed by atoms with Crippen molar-refractivity contribution in [2.45, 2.75) is 6.42 Å². The zero-order valence-corrected chi connectivity index (χ0v) is 16.4. The van der Waals surface area contributed by atoms with Crippen LogP contribution in [0.2, 0.25) is 0 Å². The molecule has 0 radical (unpaired) electrons. The molecule has 1 saturated heterocycles. The predicted octanol–water partition coefficient (Wildman–Crippen LogP) is 4.20. The molecule has 4 nitrogen and oxygen atoms in total. The molecule has 26 heavy (non-hydrogen) atoms. The molecule has 2 aromatic carbocycles. The second-order valence-electron chi connectivity index (χ2n) is 6.89. The third-order valence-electron chi connectivity index (χ3n) is 5.22. The number of hydrogen-bond donors (Lipinski definition) is 1. The molecular formula is C21H22BrN3O. The van der Waals surface area contributed by atoms with Crippen molar-refractivity contribution < 1.29 is 4.79 Å². The lowest BCUT2D eigenvalue weighted by Gasteiger charge is -2.18. The summed E-state index contributed by atoms with van der Waals surface area (Å²) in [4.78, 5) is 15.2. The van der Waals surface area contributed by atoms with Crippen LogP contribution in [0.15, 0.2) is 59.1 Å². The summed E-state index contributed by atoms with van der Waals surface area (Å²) in [7, 11) is 1.94. The summed E-state index contributed by atoms with van der Waals surface area (Å²) in [5.41, 5.74) is 3.00. The van der Waals surface area contributed by atoms with Crippen LogP contribution in [-0.2, 0) is 7.05 Å². The molecule has 1 N–H and O–H groups in total. The van der Waals surface area contributed by atoms with Crippen LogP contribution in [0.3, 0.4) is 0 Å². The first kappa shape index (κ1) is 17.2. The molecule has 1 aliphatic heterocycles. The quantitative estimate of drug-likeness (QED) is 0.698. The smallest absolute Gasteiger partial charge is 0.269 e. The lowest BCUT2D eigenvalue weighted by atomic mass is 10.1. The van der Waals surface area contributed by atoms with Crippen molar-refractivity contribution in [3.63, 3.8) is 0 Å². The first-order valence-corrected chi connectivity index (χ1v) is 9.75. The second-order valence-corrected chi connectivity index (χ2v) is 7.68. The third kappa shape index (κ3) is 3.12. The van der Waals surface area contributed by atoms with E-state index in [-0.39, 0.29) is 5.91 Å². The molecule has 5 heteroatoms. The first-order valence-electron chi connectivity index (χ1n) is 8.96. The number of rotatable bonds is 4. The standard InChI is InChI=1S/C21H22BrN3O/c1-24-18-10-6-5-9-17(18)19(22)20(24)21(26)23-13-15-11-12-25(14-15)16-7-3-2-4-8-16/h2-10,15H,11-14H2,1H3,(H,23,26). The van der Waals surface area contributed by atoms with E-state index in [1.165, 1.54) is 5.69 Å². The van der Waals surface area contributed by atoms with Crippen molar-refractivity contribution in [1.29, 1.82) is 0 Å². The molecule has 0 saturated carbocycles. The predicted molar refractivity (Wildman–Crippen MR) is 110 cm³/mol. The molecule has 3 aromatic rings. The fourth-order valence-corrected chi connectivity index (χ4v) is 4.57. The molecule has 1 aromatic heterocycles. The van der Waals surface area contributed by atoms with Crippen molar-refractivity contribution in [2.24, 2.45) is 13.0 Å². The number of benzene rings is 2. The van der Waals surface area contributed by atoms with E-state index >= 15 is 0 Å². The van der Waals surface area contributed by atoms with E-state index < -0.39 is 0 Å². The van der Waals surface area contributed by atoms with E-state index in [0.717, 1.165) is 34.9 Å². The number of hydrogen-bond acceptors (Lipinski definition) is 2. The summed E-state index contributed by atoms with van der Waals surface area (Å²) in [6, 6.07) is 18.5. The van der Waals surface area contributed by atoms with Crippen LogP contribution in [0.5, 0.6) is 0 Å². The van der Waals surface area contributed by atoms with Gasteiger partial charge in [0, 0.05) is 43.3 Å². The highest BCUT2D eigenvalue weighted by molar-refractivity contribution is 9.10. The Morgan fingerprint density at radius 1 is 1.15 bits per heavy atom. The van der Waals surface area contributed by atoms with E-state index in [4.69, 9.17) is 0 Å². The Bertz CT molecular complexity index is 896. The van der Waals surface area contributed by atoms with Crippen molar-refractivity contribution in [2.75, 3.05) is 24.5 Å². The van der Waals surface area contributed by atoms with Gasteiger partial charge in [-0.15, -0.1) is 0 Å². The number of anilines is 1. The number of nitrogens with one attached hydrogen (secondary N) is 1. The van der Waals surface area contributed by atoms with E-state index in [1.807, 2.05) is 41.9 Å². The highest BCUT2D eigenvalue weighted by Gasteiger charge is 2.25. The van der Waals surface area contributed by atoms with Gasteiger partial charge >= 0.3 is 0 Å². The van der Waals surface area contributed by atoms with Crippen LogP contribution in [0.25, 0.3) is 10.9 Å². The zero-order chi connectivity index (χ0) is 18.1. The molecular weight excluding hydrogens is 390 g/mol. The Morgan fingerprint density at radius 2 is 1.88 bits per heavy atom. The average Bonchev–Trinajstić information content (AvgIpc) is 3.25. The number of carbonyl (C=O) groups is 1. The molecule has 134 valence electrons. The maximum absolute atomic E-state index is 12.8. The normalized spacial score (nSPS) is 17.0. The van der Waals surface area contributed by atoms with Gasteiger partial charge in [-0.3, -0.25) is 4.79 Å². The van der Waals surface area contributed by atoms with Gasteiger partial charge in [-0.25, -0.2) is 0 Å². The van der Waals surface area contributed by atoms with E-state index in [1.54, 1.807) is 0 Å². The molecule has 2 heterocycles. The number of aryl methyl sites for hydroxylation is 1. The fraction of sp³-hybridized carbons (Fsp3) is 0.286. The van der Waals surface area contributed by atoms with Gasteiger partial charge < -0.3 is 14.8 Å². The summed E-state index contributed by atoms with van der Waals surface area (Å²) in [5, 5.41) is 4.21. The summed E-state index contributed by atoms with van der Waals surface area (Å²) in [6.07, 6.45) is 1.10. The number of nitrogens with zero attached hydrogens (tertiary/aromatic N) is 2. The molecule has 0 aliphatic carbocycles. The van der Waals surface area contributed by atoms with Crippen LogP contribution in [0.4, 0.5) is 5.69 Å². The van der Waals surface area contributed by atoms with Gasteiger partial charge in [0.2, 0.25) is 0 Å². The Balaban J connectivity index is 1.42. The number of aromatic nitrogens is 1. The molecule has 0 bridgehead atoms. The second kappa shape index (κ2) is 7.16. The Hall–Kier alpha value is -2.27. The van der Waals surface area contributed by atoms with Crippen molar-refractivity contribution in [1.82, 2.24) is 9.88 Å². The summed E-state index contributed by atoms with van der Waals surface area (Å²) >= 11 is 3.61. The topological polar surface area (TPSA) is 37.3 Å². The summed E-state index contributed by atoms with van der Waals surface area (Å²) in [6.45, 7) is 2.74. The molecule has 1 atom stereocenters. The van der Waals surface area contributed by atoms with Gasteiger partial charge in [0.25, 0.3) is 5.91 Å². The monoisotopic (exact) mass is 411 g/mol. The highest BCUT2D eigenvalue weighted by atomic mass is 79.9. The van der Waals surface area contributed by atoms with E-state index in [9.17, 15) is 4.79 Å². The Labute approximate surface area is 161 Å². The lowest BCUT2D eigenvalue weighted by Crippen LogP contribution is -2.32. The van der Waals surface area contributed by atoms with Gasteiger partial charge in [0.05, 0.1) is 4.47 Å². The van der Waals surface area contributed by atoms with Crippen LogP contribution in [0, 0.1) is 5.92 Å². The molecule has 0 spiro atoms. The first-order chi connectivity index (χ1) is 12.6. The van der Waals surface area contributed by atoms with Gasteiger partial charge in [-0.05, 0) is 46.5 Å². The minimum Gasteiger partial charge on any atom is -0.371 e. The van der Waals surface area contributed by atoms with E-state index in [2.05, 4.69) is 50.4 Å². The average molecular weight is 412 g/mol. The summed E-state index contributed by atoms with van der Waals surface area (Å²) in [5.74, 6) is 0.460. The maximum Gasteiger partial charge on any atom is 0.269 e. The third-order valence-corrected chi connectivity index (χ3v) is 6.02. The number of halogens is 1. The minimum atomic E-state index is -0.0197. The van der Waals surface area contributed by atoms with E-state index in [0.29, 0.717) is 18.2 Å². The minimum absolute atomic E-state index is 0.0197. The van der Waals surface area contributed by atoms with Gasteiger partial charge in [-0.1, -0.05) is 36.4 Å². The Kier molecular flexibility index (Phi) is 4.72. The molecule has 1 aliphatic rings. The fourth-order valence-electron chi connectivity index (χ4n) is 3.79. The van der Waals surface area contributed by atoms with Crippen LogP contribution in [-0.4, -0.2) is 30.1 Å². The molecule has 1 unspecified atom stereocenters. The van der Waals surface area contributed by atoms with Crippen LogP contribution < -0.4 is 10.2 Å². The van der Waals surface area contributed by atoms with Gasteiger partial charge in [0.15, 0.2) is 0 Å². The van der Waals surface area contributed by atoms with Crippen molar-refractivity contribution >= 4 is 38.4 Å². The van der Waals surface area contributed by atoms with Crippen molar-refractivity contribution in [3.8, 4) is 0 Å². The number of amides is 1. The number of carbonyl (C=O) groups excluding carboxylic acids is 1. The maximum atomic E-state index is 12.8. The van der Waals surface area contributed by atoms with Crippen molar-refractivity contribution in [3.05, 3.63) is 64.8 Å². The van der Waals surface area contributed by atoms with Gasteiger partial charge in [0.1, 0.15) is 5.69 Å². The summed E-state index contributed by atoms with van der Waals surface area (Å²) < 4.78 is 2.82. The highest BCUT2D eigenvalue weighted by Crippen LogP contribution is 2.30.